The van der Waals surface area contributed by atoms with E-state index in [-0.39, 0.29) is 6.61 Å². The lowest BCUT2D eigenvalue weighted by Gasteiger charge is -2.19. The summed E-state index contributed by atoms with van der Waals surface area (Å²) in [5.74, 6) is -0.914. The van der Waals surface area contributed by atoms with Crippen LogP contribution < -0.4 is 0 Å². The largest absolute Gasteiger partial charge is 0.478 e. The first-order chi connectivity index (χ1) is 10.1. The fourth-order valence-electron chi connectivity index (χ4n) is 2.44. The van der Waals surface area contributed by atoms with E-state index >= 15 is 0 Å². The second-order valence-corrected chi connectivity index (χ2v) is 5.18. The van der Waals surface area contributed by atoms with E-state index in [1.54, 1.807) is 19.2 Å². The highest BCUT2D eigenvalue weighted by Crippen LogP contribution is 2.24. The fraction of sp³-hybridized carbons (Fsp3) is 0.533. The quantitative estimate of drug-likeness (QED) is 0.688. The fourth-order valence-corrected chi connectivity index (χ4v) is 2.44. The molecule has 0 spiro atoms. The Morgan fingerprint density at radius 2 is 2.10 bits per heavy atom. The zero-order valence-corrected chi connectivity index (χ0v) is 12.1. The summed E-state index contributed by atoms with van der Waals surface area (Å²) >= 11 is 0. The van der Waals surface area contributed by atoms with Gasteiger partial charge in [0.2, 0.25) is 0 Å². The molecule has 0 saturated carbocycles. The predicted molar refractivity (Wildman–Crippen MR) is 76.2 cm³/mol. The minimum absolute atomic E-state index is 0.274. The number of carboxylic acid groups (broad SMARTS) is 1. The number of fused-ring (bicyclic) bond motifs is 1. The molecule has 1 aliphatic rings. The molecule has 1 unspecified atom stereocenters. The number of hydrogen-bond acceptors (Lipinski definition) is 5. The van der Waals surface area contributed by atoms with Gasteiger partial charge in [0.15, 0.2) is 0 Å². The first-order valence-corrected chi connectivity index (χ1v) is 6.92. The molecule has 0 radical (unpaired) electrons. The Bertz CT molecular complexity index is 491. The summed E-state index contributed by atoms with van der Waals surface area (Å²) in [5, 5.41) is 18.9. The summed E-state index contributed by atoms with van der Waals surface area (Å²) in [6.07, 6.45) is -0.560. The molecule has 1 aromatic carbocycles. The molecule has 0 aromatic heterocycles. The van der Waals surface area contributed by atoms with Crippen LogP contribution in [0.1, 0.15) is 21.5 Å². The number of carboxylic acids is 1. The van der Waals surface area contributed by atoms with Crippen LogP contribution in [-0.2, 0) is 22.6 Å². The molecule has 2 rings (SSSR count). The average molecular weight is 295 g/mol. The van der Waals surface area contributed by atoms with Crippen molar-refractivity contribution >= 4 is 5.97 Å². The molecule has 21 heavy (non-hydrogen) atoms. The maximum atomic E-state index is 11.0. The summed E-state index contributed by atoms with van der Waals surface area (Å²) < 4.78 is 10.2. The number of carbonyl (C=O) groups is 1. The number of ether oxygens (including phenoxy) is 2. The van der Waals surface area contributed by atoms with E-state index in [9.17, 15) is 9.90 Å². The minimum atomic E-state index is -0.914. The van der Waals surface area contributed by atoms with Crippen molar-refractivity contribution in [3.63, 3.8) is 0 Å². The molecule has 0 amide bonds. The van der Waals surface area contributed by atoms with E-state index in [2.05, 4.69) is 4.90 Å². The number of methoxy groups -OCH3 is 1. The zero-order chi connectivity index (χ0) is 15.2. The predicted octanol–water partition coefficient (Wildman–Crippen LogP) is 0.724. The molecule has 0 aliphatic carbocycles. The van der Waals surface area contributed by atoms with E-state index in [1.807, 2.05) is 6.07 Å². The zero-order valence-electron chi connectivity index (χ0n) is 12.1. The number of β-amino-alcohol motifs (C(OH)–C–C–N with tert-alkyl or cyclic N) is 1. The van der Waals surface area contributed by atoms with E-state index < -0.39 is 12.1 Å². The van der Waals surface area contributed by atoms with Gasteiger partial charge in [0, 0.05) is 26.7 Å². The molecule has 1 atom stereocenters. The number of aliphatic hydroxyl groups excluding tert-OH is 1. The number of aromatic carboxylic acids is 1. The highest BCUT2D eigenvalue weighted by Gasteiger charge is 2.22. The lowest BCUT2D eigenvalue weighted by atomic mass is 10.1. The molecule has 1 heterocycles. The summed E-state index contributed by atoms with van der Waals surface area (Å²) in [6.45, 7) is 3.15. The smallest absolute Gasteiger partial charge is 0.335 e. The Hall–Kier alpha value is -1.47. The van der Waals surface area contributed by atoms with Crippen LogP contribution in [0.3, 0.4) is 0 Å². The van der Waals surface area contributed by atoms with Crippen molar-refractivity contribution in [2.75, 3.05) is 33.5 Å². The van der Waals surface area contributed by atoms with Crippen molar-refractivity contribution in [1.29, 1.82) is 0 Å². The second-order valence-electron chi connectivity index (χ2n) is 5.18. The summed E-state index contributed by atoms with van der Waals surface area (Å²) in [4.78, 5) is 13.0. The van der Waals surface area contributed by atoms with Crippen LogP contribution >= 0.6 is 0 Å². The Morgan fingerprint density at radius 1 is 1.33 bits per heavy atom. The van der Waals surface area contributed by atoms with Gasteiger partial charge in [-0.3, -0.25) is 4.90 Å². The maximum Gasteiger partial charge on any atom is 0.335 e. The summed E-state index contributed by atoms with van der Waals surface area (Å²) in [6, 6.07) is 5.17. The van der Waals surface area contributed by atoms with Crippen LogP contribution in [0.25, 0.3) is 0 Å². The van der Waals surface area contributed by atoms with Gasteiger partial charge in [-0.1, -0.05) is 6.07 Å². The van der Waals surface area contributed by atoms with Crippen LogP contribution in [0.2, 0.25) is 0 Å². The minimum Gasteiger partial charge on any atom is -0.478 e. The topological polar surface area (TPSA) is 79.2 Å². The first kappa shape index (κ1) is 15.9. The lowest BCUT2D eigenvalue weighted by molar-refractivity contribution is -0.00108. The Balaban J connectivity index is 1.81. The molecule has 0 fully saturated rings. The second kappa shape index (κ2) is 7.51. The highest BCUT2D eigenvalue weighted by atomic mass is 16.5. The summed E-state index contributed by atoms with van der Waals surface area (Å²) in [7, 11) is 1.60. The maximum absolute atomic E-state index is 11.0. The molecule has 1 aromatic rings. The first-order valence-electron chi connectivity index (χ1n) is 6.92. The van der Waals surface area contributed by atoms with Gasteiger partial charge in [0.25, 0.3) is 0 Å². The van der Waals surface area contributed by atoms with Crippen molar-refractivity contribution in [1.82, 2.24) is 4.90 Å². The number of aliphatic hydroxyl groups is 1. The van der Waals surface area contributed by atoms with Crippen LogP contribution in [0.15, 0.2) is 18.2 Å². The highest BCUT2D eigenvalue weighted by molar-refractivity contribution is 5.87. The van der Waals surface area contributed by atoms with E-state index in [1.165, 1.54) is 0 Å². The Labute approximate surface area is 123 Å². The van der Waals surface area contributed by atoms with Crippen LogP contribution in [0.4, 0.5) is 0 Å². The van der Waals surface area contributed by atoms with E-state index in [0.29, 0.717) is 31.9 Å². The van der Waals surface area contributed by atoms with Gasteiger partial charge in [0.1, 0.15) is 0 Å². The van der Waals surface area contributed by atoms with Gasteiger partial charge in [-0.25, -0.2) is 4.79 Å². The SMILES string of the molecule is COCCOCC(O)CN1Cc2ccc(C(=O)O)cc2C1. The monoisotopic (exact) mass is 295 g/mol. The lowest BCUT2D eigenvalue weighted by Crippen LogP contribution is -2.31. The van der Waals surface area contributed by atoms with Gasteiger partial charge >= 0.3 is 5.97 Å². The number of benzene rings is 1. The molecule has 6 nitrogen and oxygen atoms in total. The van der Waals surface area contributed by atoms with Crippen molar-refractivity contribution in [3.8, 4) is 0 Å². The van der Waals surface area contributed by atoms with Crippen molar-refractivity contribution in [3.05, 3.63) is 34.9 Å². The number of rotatable bonds is 8. The molecule has 2 N–H and O–H groups in total. The van der Waals surface area contributed by atoms with Crippen LogP contribution in [-0.4, -0.2) is 60.7 Å². The Morgan fingerprint density at radius 3 is 2.81 bits per heavy atom. The molecular formula is C15H21NO5. The standard InChI is InChI=1S/C15H21NO5/c1-20-4-5-21-10-14(17)9-16-7-12-3-2-11(15(18)19)6-13(12)8-16/h2-3,6,14,17H,4-5,7-10H2,1H3,(H,18,19). The summed E-state index contributed by atoms with van der Waals surface area (Å²) in [5.41, 5.74) is 2.44. The van der Waals surface area contributed by atoms with Crippen molar-refractivity contribution < 1.29 is 24.5 Å². The number of hydrogen-bond donors (Lipinski definition) is 2. The van der Waals surface area contributed by atoms with Gasteiger partial charge in [-0.2, -0.15) is 0 Å². The van der Waals surface area contributed by atoms with Gasteiger partial charge in [0.05, 0.1) is 31.5 Å². The third-order valence-corrected chi connectivity index (χ3v) is 3.45. The number of nitrogens with zero attached hydrogens (tertiary/aromatic N) is 1. The molecular weight excluding hydrogens is 274 g/mol. The molecule has 0 bridgehead atoms. The van der Waals surface area contributed by atoms with Crippen molar-refractivity contribution in [2.24, 2.45) is 0 Å². The third kappa shape index (κ3) is 4.50. The Kier molecular flexibility index (Phi) is 5.69. The molecule has 0 saturated heterocycles. The van der Waals surface area contributed by atoms with E-state index in [0.717, 1.165) is 17.7 Å². The van der Waals surface area contributed by atoms with Crippen molar-refractivity contribution in [2.45, 2.75) is 19.2 Å². The van der Waals surface area contributed by atoms with Crippen LogP contribution in [0, 0.1) is 0 Å². The third-order valence-electron chi connectivity index (χ3n) is 3.45. The van der Waals surface area contributed by atoms with Crippen LogP contribution in [0.5, 0.6) is 0 Å². The van der Waals surface area contributed by atoms with Gasteiger partial charge in [-0.15, -0.1) is 0 Å². The van der Waals surface area contributed by atoms with E-state index in [4.69, 9.17) is 14.6 Å². The van der Waals surface area contributed by atoms with Gasteiger partial charge in [-0.05, 0) is 23.3 Å². The molecule has 1 aliphatic heterocycles. The average Bonchev–Trinajstić information content (AvgIpc) is 2.84. The molecule has 6 heteroatoms. The van der Waals surface area contributed by atoms with Gasteiger partial charge < -0.3 is 19.7 Å². The molecule has 116 valence electrons. The normalized spacial score (nSPS) is 15.9.